The first-order chi connectivity index (χ1) is 23.7. The molecule has 5 N–H and O–H groups in total. The van der Waals surface area contributed by atoms with Crippen LogP contribution in [0, 0.1) is 0 Å². The van der Waals surface area contributed by atoms with Gasteiger partial charge in [0.05, 0.1) is 25.3 Å². The van der Waals surface area contributed by atoms with E-state index in [4.69, 9.17) is 4.74 Å². The number of carbonyl (C=O) groups excluding carboxylic acids is 6. The molecule has 3 aliphatic heterocycles. The van der Waals surface area contributed by atoms with Gasteiger partial charge in [0.15, 0.2) is 6.04 Å². The second kappa shape index (κ2) is 15.4. The van der Waals surface area contributed by atoms with Crippen molar-refractivity contribution in [1.29, 1.82) is 0 Å². The minimum Gasteiger partial charge on any atom is -0.467 e. The smallest absolute Gasteiger partial charge is 0.330 e. The third-order valence-corrected chi connectivity index (χ3v) is 12.0. The molecule has 0 aromatic heterocycles. The summed E-state index contributed by atoms with van der Waals surface area (Å²) in [6, 6.07) is 15.2. The number of esters is 1. The van der Waals surface area contributed by atoms with Gasteiger partial charge in [0, 0.05) is 22.6 Å². The number of ether oxygens (including phenoxy) is 1. The molecule has 2 aromatic carbocycles. The van der Waals surface area contributed by atoms with Gasteiger partial charge in [-0.25, -0.2) is 4.79 Å². The van der Waals surface area contributed by atoms with Crippen molar-refractivity contribution in [1.82, 2.24) is 31.5 Å². The Morgan fingerprint density at radius 3 is 1.96 bits per heavy atom. The number of thioether (sulfide) groups is 2. The van der Waals surface area contributed by atoms with Crippen LogP contribution in [-0.2, 0) is 46.3 Å². The zero-order valence-corrected chi connectivity index (χ0v) is 30.3. The van der Waals surface area contributed by atoms with E-state index in [0.29, 0.717) is 0 Å². The van der Waals surface area contributed by atoms with Crippen LogP contribution in [0.1, 0.15) is 38.8 Å². The fraction of sp³-hybridized carbons (Fsp3) is 0.486. The first-order valence-electron chi connectivity index (χ1n) is 16.5. The van der Waals surface area contributed by atoms with Crippen molar-refractivity contribution in [2.45, 2.75) is 84.9 Å². The molecule has 2 aromatic rings. The third-order valence-electron chi connectivity index (χ3n) is 8.94. The summed E-state index contributed by atoms with van der Waals surface area (Å²) in [6.45, 7) is 7.77. The molecule has 0 saturated carbocycles. The summed E-state index contributed by atoms with van der Waals surface area (Å²) in [6.07, 6.45) is 0.241. The summed E-state index contributed by atoms with van der Waals surface area (Å²) in [4.78, 5) is 79.6. The highest BCUT2D eigenvalue weighted by Gasteiger charge is 2.63. The minimum atomic E-state index is -1.03. The van der Waals surface area contributed by atoms with Crippen LogP contribution in [0.25, 0.3) is 0 Å². The fourth-order valence-corrected chi connectivity index (χ4v) is 9.60. The lowest BCUT2D eigenvalue weighted by Gasteiger charge is -2.44. The SMILES string of the molecule is COC(=O)[C@@H](NC(=O)Cc1ccccc1)[C@@H]1N[C@@H](C(=O)NCCNC(=O)[C@@H]2N3C(=O)C(NC(=O)Cc4ccccc4)[C@H]3SC2(C)C)C(C)(C)S1. The number of fused-ring (bicyclic) bond motifs is 1. The van der Waals surface area contributed by atoms with Crippen molar-refractivity contribution >= 4 is 59.0 Å². The van der Waals surface area contributed by atoms with Gasteiger partial charge in [-0.05, 0) is 38.8 Å². The van der Waals surface area contributed by atoms with Crippen LogP contribution in [0.3, 0.4) is 0 Å². The molecule has 0 spiro atoms. The highest BCUT2D eigenvalue weighted by atomic mass is 32.2. The minimum absolute atomic E-state index is 0.0833. The molecule has 15 heteroatoms. The van der Waals surface area contributed by atoms with Gasteiger partial charge < -0.3 is 30.9 Å². The molecular weight excluding hydrogens is 681 g/mol. The van der Waals surface area contributed by atoms with E-state index in [0.717, 1.165) is 11.1 Å². The maximum absolute atomic E-state index is 13.4. The topological polar surface area (TPSA) is 175 Å². The number of hydrogen-bond acceptors (Lipinski definition) is 10. The quantitative estimate of drug-likeness (QED) is 0.113. The van der Waals surface area contributed by atoms with Crippen LogP contribution >= 0.6 is 23.5 Å². The van der Waals surface area contributed by atoms with E-state index >= 15 is 0 Å². The lowest BCUT2D eigenvalue weighted by atomic mass is 9.95. The van der Waals surface area contributed by atoms with Gasteiger partial charge in [-0.3, -0.25) is 29.3 Å². The normalized spacial score (nSPS) is 25.0. The predicted octanol–water partition coefficient (Wildman–Crippen LogP) is 0.719. The average molecular weight is 725 g/mol. The third kappa shape index (κ3) is 8.27. The van der Waals surface area contributed by atoms with Crippen LogP contribution in [0.4, 0.5) is 0 Å². The Morgan fingerprint density at radius 2 is 1.38 bits per heavy atom. The molecule has 1 unspecified atom stereocenters. The Balaban J connectivity index is 1.10. The zero-order chi connectivity index (χ0) is 36.2. The first-order valence-corrected chi connectivity index (χ1v) is 18.2. The van der Waals surface area contributed by atoms with Crippen molar-refractivity contribution in [3.05, 3.63) is 71.8 Å². The molecule has 268 valence electrons. The zero-order valence-electron chi connectivity index (χ0n) is 28.7. The highest BCUT2D eigenvalue weighted by Crippen LogP contribution is 2.50. The molecule has 6 atom stereocenters. The van der Waals surface area contributed by atoms with E-state index in [1.165, 1.54) is 35.5 Å². The second-order valence-corrected chi connectivity index (χ2v) is 17.1. The molecular formula is C35H44N6O7S2. The van der Waals surface area contributed by atoms with Crippen molar-refractivity contribution in [2.24, 2.45) is 0 Å². The number of benzene rings is 2. The summed E-state index contributed by atoms with van der Waals surface area (Å²) in [5, 5.41) is 13.5. The number of methoxy groups -OCH3 is 1. The molecule has 5 rings (SSSR count). The molecule has 5 amide bonds. The van der Waals surface area contributed by atoms with E-state index < -0.39 is 45.0 Å². The summed E-state index contributed by atoms with van der Waals surface area (Å²) in [7, 11) is 1.24. The van der Waals surface area contributed by atoms with Gasteiger partial charge in [0.2, 0.25) is 29.5 Å². The Bertz CT molecular complexity index is 1610. The Morgan fingerprint density at radius 1 is 0.820 bits per heavy atom. The summed E-state index contributed by atoms with van der Waals surface area (Å²) in [5.41, 5.74) is 1.64. The molecule has 50 heavy (non-hydrogen) atoms. The van der Waals surface area contributed by atoms with Crippen LogP contribution in [0.5, 0.6) is 0 Å². The van der Waals surface area contributed by atoms with E-state index in [-0.39, 0.29) is 60.8 Å². The number of nitrogens with one attached hydrogen (secondary N) is 5. The number of carbonyl (C=O) groups is 6. The van der Waals surface area contributed by atoms with Crippen LogP contribution in [-0.4, -0.2) is 105 Å². The molecule has 0 aliphatic carbocycles. The molecule has 0 bridgehead atoms. The molecule has 0 radical (unpaired) electrons. The van der Waals surface area contributed by atoms with Crippen LogP contribution in [0.15, 0.2) is 60.7 Å². The molecule has 3 saturated heterocycles. The molecule has 13 nitrogen and oxygen atoms in total. The van der Waals surface area contributed by atoms with Crippen molar-refractivity contribution < 1.29 is 33.5 Å². The van der Waals surface area contributed by atoms with Gasteiger partial charge in [-0.15, -0.1) is 23.5 Å². The van der Waals surface area contributed by atoms with Crippen molar-refractivity contribution in [3.8, 4) is 0 Å². The van der Waals surface area contributed by atoms with Gasteiger partial charge >= 0.3 is 5.97 Å². The van der Waals surface area contributed by atoms with Crippen molar-refractivity contribution in [2.75, 3.05) is 20.2 Å². The number of β-lactam (4-membered cyclic amide) rings is 1. The Kier molecular flexibility index (Phi) is 11.5. The van der Waals surface area contributed by atoms with Gasteiger partial charge in [0.25, 0.3) is 0 Å². The van der Waals surface area contributed by atoms with Crippen molar-refractivity contribution in [3.63, 3.8) is 0 Å². The highest BCUT2D eigenvalue weighted by molar-refractivity contribution is 8.02. The van der Waals surface area contributed by atoms with Gasteiger partial charge in [-0.1, -0.05) is 60.7 Å². The number of amides is 5. The molecule has 3 fully saturated rings. The predicted molar refractivity (Wildman–Crippen MR) is 191 cm³/mol. The maximum atomic E-state index is 13.4. The number of rotatable bonds is 13. The molecule has 3 aliphatic rings. The molecule has 3 heterocycles. The number of nitrogens with zero attached hydrogens (tertiary/aromatic N) is 1. The van der Waals surface area contributed by atoms with E-state index in [2.05, 4.69) is 26.6 Å². The van der Waals surface area contributed by atoms with Crippen LogP contribution in [0.2, 0.25) is 0 Å². The monoisotopic (exact) mass is 724 g/mol. The van der Waals surface area contributed by atoms with E-state index in [1.807, 2.05) is 88.4 Å². The second-order valence-electron chi connectivity index (χ2n) is 13.5. The lowest BCUT2D eigenvalue weighted by Crippen LogP contribution is -2.71. The van der Waals surface area contributed by atoms with E-state index in [9.17, 15) is 28.8 Å². The fourth-order valence-electron chi connectivity index (χ4n) is 6.49. The first kappa shape index (κ1) is 37.2. The standard InChI is InChI=1S/C35H44N6O7S2/c1-34(2)26(40-30(49-34)24(33(47)48-5)38-22(42)18-20-12-8-6-9-13-20)28(44)36-16-17-37-29(45)27-35(3,4)50-32-25(31(46)41(27)32)39-23(43)19-21-14-10-7-11-15-21/h6-15,24-27,30,32,40H,16-19H2,1-5H3,(H,36,44)(H,37,45)(H,38,42)(H,39,43)/t24-,25?,26-,27-,30+,32+/m0/s1. The van der Waals surface area contributed by atoms with Gasteiger partial charge in [0.1, 0.15) is 23.5 Å². The average Bonchev–Trinajstić information content (AvgIpc) is 3.54. The lowest BCUT2D eigenvalue weighted by molar-refractivity contribution is -0.155. The maximum Gasteiger partial charge on any atom is 0.330 e. The van der Waals surface area contributed by atoms with Crippen LogP contribution < -0.4 is 26.6 Å². The van der Waals surface area contributed by atoms with Gasteiger partial charge in [-0.2, -0.15) is 0 Å². The summed E-state index contributed by atoms with van der Waals surface area (Å²) < 4.78 is 3.71. The Hall–Kier alpha value is -4.08. The summed E-state index contributed by atoms with van der Waals surface area (Å²) in [5.74, 6) is -2.21. The Labute approximate surface area is 300 Å². The van der Waals surface area contributed by atoms with E-state index in [1.54, 1.807) is 0 Å². The summed E-state index contributed by atoms with van der Waals surface area (Å²) >= 11 is 2.83. The number of hydrogen-bond donors (Lipinski definition) is 5. The largest absolute Gasteiger partial charge is 0.467 e.